The number of aryl methyl sites for hydroxylation is 1. The van der Waals surface area contributed by atoms with Gasteiger partial charge in [0, 0.05) is 11.5 Å². The number of Topliss-reactive ketones (excluding diaryl/α,β-unsaturated/α-hetero) is 1. The van der Waals surface area contributed by atoms with Crippen LogP contribution in [0.3, 0.4) is 0 Å². The van der Waals surface area contributed by atoms with Gasteiger partial charge in [0.05, 0.1) is 0 Å². The van der Waals surface area contributed by atoms with Gasteiger partial charge in [-0.1, -0.05) is 62.4 Å². The molecule has 0 bridgehead atoms. The Morgan fingerprint density at radius 1 is 1.06 bits per heavy atom. The Hall–Kier alpha value is -1.89. The molecule has 0 heterocycles. The largest absolute Gasteiger partial charge is 0.294 e. The van der Waals surface area contributed by atoms with E-state index >= 15 is 0 Å². The second kappa shape index (κ2) is 5.63. The summed E-state index contributed by atoms with van der Waals surface area (Å²) in [4.78, 5) is 12.4. The Morgan fingerprint density at radius 3 is 2.44 bits per heavy atom. The van der Waals surface area contributed by atoms with Crippen LogP contribution in [0.5, 0.6) is 0 Å². The molecule has 92 valence electrons. The van der Waals surface area contributed by atoms with Gasteiger partial charge in [-0.2, -0.15) is 0 Å². The van der Waals surface area contributed by atoms with Crippen LogP contribution in [0.2, 0.25) is 0 Å². The van der Waals surface area contributed by atoms with Crippen molar-refractivity contribution < 1.29 is 4.79 Å². The average Bonchev–Trinajstić information content (AvgIpc) is 2.46. The van der Waals surface area contributed by atoms with Crippen molar-refractivity contribution in [2.24, 2.45) is 0 Å². The maximum absolute atomic E-state index is 12.4. The van der Waals surface area contributed by atoms with E-state index in [4.69, 9.17) is 0 Å². The Kier molecular flexibility index (Phi) is 3.93. The molecule has 1 unspecified atom stereocenters. The predicted molar refractivity (Wildman–Crippen MR) is 75.0 cm³/mol. The summed E-state index contributed by atoms with van der Waals surface area (Å²) < 4.78 is 0. The molecule has 18 heavy (non-hydrogen) atoms. The Balaban J connectivity index is 2.25. The maximum Gasteiger partial charge on any atom is 0.170 e. The molecule has 0 radical (unpaired) electrons. The summed E-state index contributed by atoms with van der Waals surface area (Å²) >= 11 is 0. The highest BCUT2D eigenvalue weighted by Gasteiger charge is 2.16. The van der Waals surface area contributed by atoms with Crippen molar-refractivity contribution in [3.63, 3.8) is 0 Å². The lowest BCUT2D eigenvalue weighted by Gasteiger charge is -2.11. The second-order valence-corrected chi connectivity index (χ2v) is 4.55. The topological polar surface area (TPSA) is 17.1 Å². The second-order valence-electron chi connectivity index (χ2n) is 4.55. The lowest BCUT2D eigenvalue weighted by atomic mass is 9.91. The summed E-state index contributed by atoms with van der Waals surface area (Å²) in [5.41, 5.74) is 3.09. The monoisotopic (exact) mass is 238 g/mol. The zero-order chi connectivity index (χ0) is 13.0. The minimum absolute atomic E-state index is 0.0849. The highest BCUT2D eigenvalue weighted by atomic mass is 16.1. The fourth-order valence-corrected chi connectivity index (χ4v) is 2.09. The summed E-state index contributed by atoms with van der Waals surface area (Å²) in [7, 11) is 0. The van der Waals surface area contributed by atoms with Crippen LogP contribution in [-0.4, -0.2) is 5.78 Å². The van der Waals surface area contributed by atoms with Gasteiger partial charge in [0.15, 0.2) is 5.78 Å². The molecule has 0 aromatic heterocycles. The van der Waals surface area contributed by atoms with Crippen LogP contribution in [0.4, 0.5) is 0 Å². The van der Waals surface area contributed by atoms with Crippen molar-refractivity contribution in [2.45, 2.75) is 26.2 Å². The molecule has 1 atom stereocenters. The number of rotatable bonds is 4. The van der Waals surface area contributed by atoms with E-state index in [2.05, 4.69) is 13.0 Å². The number of hydrogen-bond acceptors (Lipinski definition) is 1. The first-order valence-corrected chi connectivity index (χ1v) is 6.40. The van der Waals surface area contributed by atoms with Gasteiger partial charge in [0.2, 0.25) is 0 Å². The van der Waals surface area contributed by atoms with Crippen LogP contribution in [0.25, 0.3) is 0 Å². The highest BCUT2D eigenvalue weighted by molar-refractivity contribution is 6.00. The van der Waals surface area contributed by atoms with E-state index in [1.54, 1.807) is 0 Å². The van der Waals surface area contributed by atoms with Crippen molar-refractivity contribution in [3.05, 3.63) is 71.3 Å². The molecule has 0 N–H and O–H groups in total. The third kappa shape index (κ3) is 2.67. The molecule has 1 nitrogen and oxygen atoms in total. The van der Waals surface area contributed by atoms with Gasteiger partial charge in [-0.25, -0.2) is 0 Å². The SMILES string of the molecule is CCc1cccc(C(=O)C(C)c2ccccc2)c1. The van der Waals surface area contributed by atoms with Crippen molar-refractivity contribution in [1.29, 1.82) is 0 Å². The molecule has 0 amide bonds. The van der Waals surface area contributed by atoms with Crippen LogP contribution in [0, 0.1) is 0 Å². The minimum atomic E-state index is -0.0849. The van der Waals surface area contributed by atoms with E-state index in [0.717, 1.165) is 17.5 Å². The summed E-state index contributed by atoms with van der Waals surface area (Å²) in [5, 5.41) is 0. The van der Waals surface area contributed by atoms with E-state index in [0.29, 0.717) is 0 Å². The third-order valence-corrected chi connectivity index (χ3v) is 3.31. The normalized spacial score (nSPS) is 12.1. The van der Waals surface area contributed by atoms with Crippen molar-refractivity contribution in [2.75, 3.05) is 0 Å². The minimum Gasteiger partial charge on any atom is -0.294 e. The fraction of sp³-hybridized carbons (Fsp3) is 0.235. The molecule has 2 aromatic carbocycles. The van der Waals surface area contributed by atoms with Gasteiger partial charge in [-0.15, -0.1) is 0 Å². The standard InChI is InChI=1S/C17H18O/c1-3-14-8-7-11-16(12-14)17(18)13(2)15-9-5-4-6-10-15/h4-13H,3H2,1-2H3. The quantitative estimate of drug-likeness (QED) is 0.728. The first-order valence-electron chi connectivity index (χ1n) is 6.40. The molecule has 0 aliphatic carbocycles. The Morgan fingerprint density at radius 2 is 1.78 bits per heavy atom. The van der Waals surface area contributed by atoms with E-state index in [9.17, 15) is 4.79 Å². The third-order valence-electron chi connectivity index (χ3n) is 3.31. The number of carbonyl (C=O) groups is 1. The molecule has 0 aliphatic heterocycles. The molecular formula is C17H18O. The number of carbonyl (C=O) groups excluding carboxylic acids is 1. The summed E-state index contributed by atoms with van der Waals surface area (Å²) in [6.07, 6.45) is 0.959. The summed E-state index contributed by atoms with van der Waals surface area (Å²) in [6.45, 7) is 4.07. The molecule has 0 saturated carbocycles. The summed E-state index contributed by atoms with van der Waals surface area (Å²) in [5.74, 6) is 0.106. The molecule has 1 heteroatoms. The summed E-state index contributed by atoms with van der Waals surface area (Å²) in [6, 6.07) is 17.9. The van der Waals surface area contributed by atoms with Crippen LogP contribution in [0.15, 0.2) is 54.6 Å². The highest BCUT2D eigenvalue weighted by Crippen LogP contribution is 2.20. The molecular weight excluding hydrogens is 220 g/mol. The zero-order valence-electron chi connectivity index (χ0n) is 10.9. The van der Waals surface area contributed by atoms with Crippen LogP contribution in [0.1, 0.15) is 41.3 Å². The molecule has 0 saturated heterocycles. The van der Waals surface area contributed by atoms with Crippen LogP contribution < -0.4 is 0 Å². The number of ketones is 1. The van der Waals surface area contributed by atoms with Crippen molar-refractivity contribution >= 4 is 5.78 Å². The van der Waals surface area contributed by atoms with Gasteiger partial charge in [-0.05, 0) is 23.6 Å². The number of hydrogen-bond donors (Lipinski definition) is 0. The van der Waals surface area contributed by atoms with Crippen molar-refractivity contribution in [3.8, 4) is 0 Å². The molecule has 2 rings (SSSR count). The van der Waals surface area contributed by atoms with Gasteiger partial charge in [-0.3, -0.25) is 4.79 Å². The fourth-order valence-electron chi connectivity index (χ4n) is 2.09. The molecule has 0 aliphatic rings. The smallest absolute Gasteiger partial charge is 0.170 e. The van der Waals surface area contributed by atoms with Crippen LogP contribution >= 0.6 is 0 Å². The first-order chi connectivity index (χ1) is 8.72. The maximum atomic E-state index is 12.4. The first kappa shape index (κ1) is 12.6. The van der Waals surface area contributed by atoms with E-state index in [-0.39, 0.29) is 11.7 Å². The van der Waals surface area contributed by atoms with E-state index in [1.165, 1.54) is 5.56 Å². The molecule has 0 fully saturated rings. The Labute approximate surface area is 108 Å². The lowest BCUT2D eigenvalue weighted by Crippen LogP contribution is -2.09. The van der Waals surface area contributed by atoms with Crippen molar-refractivity contribution in [1.82, 2.24) is 0 Å². The number of benzene rings is 2. The predicted octanol–water partition coefficient (Wildman–Crippen LogP) is 4.24. The van der Waals surface area contributed by atoms with Crippen LogP contribution in [-0.2, 0) is 6.42 Å². The van der Waals surface area contributed by atoms with Gasteiger partial charge in [0.25, 0.3) is 0 Å². The average molecular weight is 238 g/mol. The molecule has 0 spiro atoms. The van der Waals surface area contributed by atoms with Gasteiger partial charge in [0.1, 0.15) is 0 Å². The van der Waals surface area contributed by atoms with E-state index < -0.39 is 0 Å². The lowest BCUT2D eigenvalue weighted by molar-refractivity contribution is 0.0966. The molecule has 2 aromatic rings. The Bertz CT molecular complexity index is 528. The zero-order valence-corrected chi connectivity index (χ0v) is 10.9. The van der Waals surface area contributed by atoms with Gasteiger partial charge >= 0.3 is 0 Å². The van der Waals surface area contributed by atoms with Gasteiger partial charge < -0.3 is 0 Å². The van der Waals surface area contributed by atoms with E-state index in [1.807, 2.05) is 55.5 Å².